The Morgan fingerprint density at radius 2 is 0.660 bits per heavy atom. The first-order valence-corrected chi connectivity index (χ1v) is 16.9. The fourth-order valence-corrected chi connectivity index (χ4v) is 6.79. The van der Waals surface area contributed by atoms with E-state index < -0.39 is 0 Å². The summed E-state index contributed by atoms with van der Waals surface area (Å²) in [5.41, 5.74) is 12.6. The molecular formula is C47H31N3. The van der Waals surface area contributed by atoms with Crippen LogP contribution in [-0.4, -0.2) is 15.0 Å². The van der Waals surface area contributed by atoms with Crippen LogP contribution in [0.4, 0.5) is 0 Å². The van der Waals surface area contributed by atoms with Crippen molar-refractivity contribution in [1.82, 2.24) is 15.0 Å². The molecule has 0 saturated carbocycles. The van der Waals surface area contributed by atoms with Crippen LogP contribution < -0.4 is 0 Å². The highest BCUT2D eigenvalue weighted by Crippen LogP contribution is 2.40. The summed E-state index contributed by atoms with van der Waals surface area (Å²) in [5, 5.41) is 3.43. The van der Waals surface area contributed by atoms with Crippen LogP contribution in [0.3, 0.4) is 0 Å². The molecule has 50 heavy (non-hydrogen) atoms. The van der Waals surface area contributed by atoms with Gasteiger partial charge in [-0.2, -0.15) is 0 Å². The van der Waals surface area contributed by atoms with Gasteiger partial charge in [0.2, 0.25) is 0 Å². The van der Waals surface area contributed by atoms with Crippen LogP contribution >= 0.6 is 0 Å². The normalized spacial score (nSPS) is 11.2. The van der Waals surface area contributed by atoms with E-state index in [0.29, 0.717) is 5.82 Å². The Morgan fingerprint density at radius 1 is 0.260 bits per heavy atom. The van der Waals surface area contributed by atoms with Crippen LogP contribution in [0.1, 0.15) is 0 Å². The van der Waals surface area contributed by atoms with Crippen LogP contribution in [0.2, 0.25) is 0 Å². The van der Waals surface area contributed by atoms with Crippen molar-refractivity contribution in [3.8, 4) is 67.4 Å². The summed E-state index contributed by atoms with van der Waals surface area (Å²) in [6.45, 7) is 0. The van der Waals surface area contributed by atoms with Crippen molar-refractivity contribution in [3.63, 3.8) is 0 Å². The standard InChI is InChI=1S/C47H31N3/c1-5-15-32(16-6-1)41-30-43(34-17-7-2-8-18-34)48-46-39-24-14-13-23-38(39)40(29-42(41)46)33-25-27-36(28-26-33)45-31-44(35-19-9-3-10-20-35)49-47(50-45)37-21-11-4-12-22-37/h1-31H. The molecule has 3 nitrogen and oxygen atoms in total. The van der Waals surface area contributed by atoms with Crippen molar-refractivity contribution in [3.05, 3.63) is 188 Å². The van der Waals surface area contributed by atoms with Crippen molar-refractivity contribution in [2.24, 2.45) is 0 Å². The first-order valence-electron chi connectivity index (χ1n) is 16.9. The van der Waals surface area contributed by atoms with Crippen LogP contribution in [0.5, 0.6) is 0 Å². The van der Waals surface area contributed by atoms with E-state index in [1.54, 1.807) is 0 Å². The molecule has 2 aromatic heterocycles. The molecule has 0 atom stereocenters. The molecule has 0 bridgehead atoms. The molecule has 3 heteroatoms. The molecule has 9 aromatic rings. The maximum Gasteiger partial charge on any atom is 0.160 e. The topological polar surface area (TPSA) is 38.7 Å². The minimum atomic E-state index is 0.711. The van der Waals surface area contributed by atoms with Crippen molar-refractivity contribution >= 4 is 21.7 Å². The van der Waals surface area contributed by atoms with Gasteiger partial charge in [0.1, 0.15) is 0 Å². The molecule has 2 heterocycles. The number of fused-ring (bicyclic) bond motifs is 3. The first-order chi connectivity index (χ1) is 24.8. The molecule has 0 N–H and O–H groups in total. The van der Waals surface area contributed by atoms with E-state index in [4.69, 9.17) is 15.0 Å². The summed E-state index contributed by atoms with van der Waals surface area (Å²) in [4.78, 5) is 15.3. The van der Waals surface area contributed by atoms with Gasteiger partial charge in [-0.05, 0) is 45.8 Å². The van der Waals surface area contributed by atoms with Crippen molar-refractivity contribution in [1.29, 1.82) is 0 Å². The zero-order valence-electron chi connectivity index (χ0n) is 27.2. The van der Waals surface area contributed by atoms with Gasteiger partial charge in [-0.3, -0.25) is 0 Å². The zero-order chi connectivity index (χ0) is 33.3. The number of nitrogens with zero attached hydrogens (tertiary/aromatic N) is 3. The third-order valence-electron chi connectivity index (χ3n) is 9.29. The van der Waals surface area contributed by atoms with Crippen molar-refractivity contribution in [2.45, 2.75) is 0 Å². The lowest BCUT2D eigenvalue weighted by Crippen LogP contribution is -1.96. The summed E-state index contributed by atoms with van der Waals surface area (Å²) >= 11 is 0. The zero-order valence-corrected chi connectivity index (χ0v) is 27.2. The van der Waals surface area contributed by atoms with E-state index in [1.807, 2.05) is 42.5 Å². The minimum absolute atomic E-state index is 0.711. The summed E-state index contributed by atoms with van der Waals surface area (Å²) in [7, 11) is 0. The predicted octanol–water partition coefficient (Wildman–Crippen LogP) is 12.2. The second kappa shape index (κ2) is 12.7. The summed E-state index contributed by atoms with van der Waals surface area (Å²) in [6, 6.07) is 65.6. The Bertz CT molecular complexity index is 2540. The quantitative estimate of drug-likeness (QED) is 0.170. The van der Waals surface area contributed by atoms with Crippen LogP contribution in [0.15, 0.2) is 188 Å². The summed E-state index contributed by atoms with van der Waals surface area (Å²) < 4.78 is 0. The minimum Gasteiger partial charge on any atom is -0.247 e. The summed E-state index contributed by atoms with van der Waals surface area (Å²) in [5.74, 6) is 0.711. The molecule has 9 rings (SSSR count). The lowest BCUT2D eigenvalue weighted by Gasteiger charge is -2.16. The first kappa shape index (κ1) is 29.4. The predicted molar refractivity (Wildman–Crippen MR) is 207 cm³/mol. The third kappa shape index (κ3) is 5.51. The number of hydrogen-bond acceptors (Lipinski definition) is 3. The van der Waals surface area contributed by atoms with Gasteiger partial charge in [0, 0.05) is 33.0 Å². The Morgan fingerprint density at radius 3 is 1.24 bits per heavy atom. The monoisotopic (exact) mass is 637 g/mol. The molecule has 0 fully saturated rings. The maximum absolute atomic E-state index is 5.30. The van der Waals surface area contributed by atoms with E-state index in [1.165, 1.54) is 22.1 Å². The lowest BCUT2D eigenvalue weighted by atomic mass is 9.90. The second-order valence-electron chi connectivity index (χ2n) is 12.4. The van der Waals surface area contributed by atoms with Gasteiger partial charge >= 0.3 is 0 Å². The summed E-state index contributed by atoms with van der Waals surface area (Å²) in [6.07, 6.45) is 0. The average Bonchev–Trinajstić information content (AvgIpc) is 3.21. The molecule has 0 spiro atoms. The highest BCUT2D eigenvalue weighted by Gasteiger charge is 2.16. The second-order valence-corrected chi connectivity index (χ2v) is 12.4. The number of benzene rings is 7. The Balaban J connectivity index is 1.21. The van der Waals surface area contributed by atoms with Crippen LogP contribution in [-0.2, 0) is 0 Å². The van der Waals surface area contributed by atoms with Gasteiger partial charge in [0.25, 0.3) is 0 Å². The molecule has 0 amide bonds. The van der Waals surface area contributed by atoms with E-state index in [0.717, 1.165) is 61.2 Å². The van der Waals surface area contributed by atoms with Gasteiger partial charge < -0.3 is 0 Å². The van der Waals surface area contributed by atoms with Gasteiger partial charge in [-0.1, -0.05) is 170 Å². The Labute approximate surface area is 291 Å². The molecular weight excluding hydrogens is 607 g/mol. The molecule has 0 aliphatic rings. The van der Waals surface area contributed by atoms with Crippen molar-refractivity contribution in [2.75, 3.05) is 0 Å². The van der Waals surface area contributed by atoms with Crippen LogP contribution in [0, 0.1) is 0 Å². The number of hydrogen-bond donors (Lipinski definition) is 0. The Kier molecular flexibility index (Phi) is 7.49. The van der Waals surface area contributed by atoms with Gasteiger partial charge in [-0.15, -0.1) is 0 Å². The lowest BCUT2D eigenvalue weighted by molar-refractivity contribution is 1.18. The molecule has 0 aliphatic heterocycles. The highest BCUT2D eigenvalue weighted by molar-refractivity contribution is 6.16. The molecule has 7 aromatic carbocycles. The molecule has 234 valence electrons. The largest absolute Gasteiger partial charge is 0.247 e. The molecule has 0 saturated heterocycles. The number of rotatable bonds is 6. The van der Waals surface area contributed by atoms with Crippen LogP contribution in [0.25, 0.3) is 89.1 Å². The van der Waals surface area contributed by atoms with Gasteiger partial charge in [0.15, 0.2) is 5.82 Å². The van der Waals surface area contributed by atoms with E-state index in [9.17, 15) is 0 Å². The fraction of sp³-hybridized carbons (Fsp3) is 0. The number of pyridine rings is 1. The van der Waals surface area contributed by atoms with E-state index in [-0.39, 0.29) is 0 Å². The Hall–Kier alpha value is -6.71. The smallest absolute Gasteiger partial charge is 0.160 e. The highest BCUT2D eigenvalue weighted by atomic mass is 14.9. The molecule has 0 radical (unpaired) electrons. The fourth-order valence-electron chi connectivity index (χ4n) is 6.79. The van der Waals surface area contributed by atoms with Gasteiger partial charge in [0.05, 0.1) is 22.6 Å². The van der Waals surface area contributed by atoms with Crippen molar-refractivity contribution < 1.29 is 0 Å². The van der Waals surface area contributed by atoms with E-state index in [2.05, 4.69) is 146 Å². The molecule has 0 unspecified atom stereocenters. The number of aromatic nitrogens is 3. The molecule has 0 aliphatic carbocycles. The third-order valence-corrected chi connectivity index (χ3v) is 9.29. The average molecular weight is 638 g/mol. The SMILES string of the molecule is c1ccc(-c2cc(-c3ccc(-c4cc5c(-c6ccccc6)cc(-c6ccccc6)nc5c5ccccc45)cc3)nc(-c3ccccc3)n2)cc1. The van der Waals surface area contributed by atoms with E-state index >= 15 is 0 Å². The maximum atomic E-state index is 5.30. The van der Waals surface area contributed by atoms with Gasteiger partial charge in [-0.25, -0.2) is 15.0 Å².